The first-order valence-electron chi connectivity index (χ1n) is 10.4. The third kappa shape index (κ3) is 2.91. The first-order valence-corrected chi connectivity index (χ1v) is 10.4. The standard InChI is InChI=1S/C24H23N5O3/c1-15-4-8-17(9-5-15)19-14-28-20-21(26(2)24(32)27(3)22(20)31)25-23(28)29(19)18-10-6-16(7-11-18)12-13-30/h4-11,14,30H,12-13H2,1-3H3. The Morgan fingerprint density at radius 1 is 0.938 bits per heavy atom. The molecule has 0 saturated carbocycles. The number of imidazole rings is 2. The van der Waals surface area contributed by atoms with E-state index in [0.717, 1.165) is 32.6 Å². The van der Waals surface area contributed by atoms with Gasteiger partial charge in [0, 0.05) is 38.1 Å². The minimum atomic E-state index is -0.415. The van der Waals surface area contributed by atoms with Crippen LogP contribution in [0.1, 0.15) is 11.1 Å². The van der Waals surface area contributed by atoms with Gasteiger partial charge in [-0.25, -0.2) is 4.79 Å². The van der Waals surface area contributed by atoms with Gasteiger partial charge in [0.05, 0.1) is 5.69 Å². The summed E-state index contributed by atoms with van der Waals surface area (Å²) in [7, 11) is 3.09. The highest BCUT2D eigenvalue weighted by Crippen LogP contribution is 2.29. The average molecular weight is 429 g/mol. The number of aryl methyl sites for hydroxylation is 2. The van der Waals surface area contributed by atoms with Crippen LogP contribution in [0.3, 0.4) is 0 Å². The van der Waals surface area contributed by atoms with Crippen molar-refractivity contribution in [2.45, 2.75) is 13.3 Å². The van der Waals surface area contributed by atoms with Gasteiger partial charge >= 0.3 is 5.69 Å². The van der Waals surface area contributed by atoms with Crippen LogP contribution in [0.25, 0.3) is 33.9 Å². The third-order valence-corrected chi connectivity index (χ3v) is 5.91. The monoisotopic (exact) mass is 429 g/mol. The van der Waals surface area contributed by atoms with Crippen molar-refractivity contribution in [1.29, 1.82) is 0 Å². The fourth-order valence-electron chi connectivity index (χ4n) is 4.09. The van der Waals surface area contributed by atoms with Crippen molar-refractivity contribution in [3.63, 3.8) is 0 Å². The molecule has 3 aromatic heterocycles. The highest BCUT2D eigenvalue weighted by molar-refractivity contribution is 5.79. The molecule has 0 aliphatic rings. The van der Waals surface area contributed by atoms with Crippen LogP contribution in [0, 0.1) is 6.92 Å². The third-order valence-electron chi connectivity index (χ3n) is 5.91. The Bertz CT molecular complexity index is 1580. The summed E-state index contributed by atoms with van der Waals surface area (Å²) in [5.74, 6) is 0.545. The molecular weight excluding hydrogens is 406 g/mol. The average Bonchev–Trinajstić information content (AvgIpc) is 3.34. The molecule has 0 aliphatic carbocycles. The van der Waals surface area contributed by atoms with Gasteiger partial charge in [-0.2, -0.15) is 4.98 Å². The first-order chi connectivity index (χ1) is 15.4. The molecule has 0 amide bonds. The van der Waals surface area contributed by atoms with Gasteiger partial charge in [0.15, 0.2) is 11.2 Å². The van der Waals surface area contributed by atoms with Crippen molar-refractivity contribution in [2.24, 2.45) is 14.1 Å². The van der Waals surface area contributed by atoms with Crippen molar-refractivity contribution in [3.8, 4) is 16.9 Å². The molecule has 8 heteroatoms. The van der Waals surface area contributed by atoms with Crippen LogP contribution >= 0.6 is 0 Å². The molecule has 5 rings (SSSR count). The molecule has 0 atom stereocenters. The summed E-state index contributed by atoms with van der Waals surface area (Å²) >= 11 is 0. The second-order valence-corrected chi connectivity index (χ2v) is 8.02. The molecule has 32 heavy (non-hydrogen) atoms. The molecular formula is C24H23N5O3. The van der Waals surface area contributed by atoms with E-state index in [2.05, 4.69) is 0 Å². The summed E-state index contributed by atoms with van der Waals surface area (Å²) in [6, 6.07) is 16.0. The van der Waals surface area contributed by atoms with Gasteiger partial charge in [-0.1, -0.05) is 42.0 Å². The lowest BCUT2D eigenvalue weighted by Gasteiger charge is -2.10. The fraction of sp³-hybridized carbons (Fsp3) is 0.208. The molecule has 8 nitrogen and oxygen atoms in total. The van der Waals surface area contributed by atoms with Gasteiger partial charge in [-0.15, -0.1) is 0 Å². The van der Waals surface area contributed by atoms with Crippen LogP contribution in [0.5, 0.6) is 0 Å². The van der Waals surface area contributed by atoms with Crippen molar-refractivity contribution < 1.29 is 5.11 Å². The number of aliphatic hydroxyl groups excluding tert-OH is 1. The van der Waals surface area contributed by atoms with E-state index in [0.29, 0.717) is 23.4 Å². The van der Waals surface area contributed by atoms with Gasteiger partial charge in [0.25, 0.3) is 5.56 Å². The maximum absolute atomic E-state index is 13.0. The Kier molecular flexibility index (Phi) is 4.60. The van der Waals surface area contributed by atoms with Crippen LogP contribution < -0.4 is 11.2 Å². The Morgan fingerprint density at radius 2 is 1.62 bits per heavy atom. The molecule has 0 unspecified atom stereocenters. The molecule has 0 aliphatic heterocycles. The maximum Gasteiger partial charge on any atom is 0.332 e. The fourth-order valence-corrected chi connectivity index (χ4v) is 4.09. The number of aliphatic hydroxyl groups is 1. The van der Waals surface area contributed by atoms with E-state index >= 15 is 0 Å². The Labute approximate surface area is 183 Å². The number of fused-ring (bicyclic) bond motifs is 3. The molecule has 2 aromatic carbocycles. The summed E-state index contributed by atoms with van der Waals surface area (Å²) in [6.07, 6.45) is 2.47. The van der Waals surface area contributed by atoms with E-state index in [1.54, 1.807) is 11.4 Å². The first kappa shape index (κ1) is 20.0. The predicted octanol–water partition coefficient (Wildman–Crippen LogP) is 2.19. The van der Waals surface area contributed by atoms with Crippen molar-refractivity contribution in [1.82, 2.24) is 23.1 Å². The lowest BCUT2D eigenvalue weighted by atomic mass is 10.1. The summed E-state index contributed by atoms with van der Waals surface area (Å²) in [5, 5.41) is 9.23. The van der Waals surface area contributed by atoms with Crippen molar-refractivity contribution >= 4 is 16.9 Å². The van der Waals surface area contributed by atoms with E-state index in [1.165, 1.54) is 11.6 Å². The number of aromatic nitrogens is 5. The van der Waals surface area contributed by atoms with E-state index in [-0.39, 0.29) is 12.2 Å². The minimum absolute atomic E-state index is 0.0880. The minimum Gasteiger partial charge on any atom is -0.396 e. The van der Waals surface area contributed by atoms with Crippen LogP contribution in [0.15, 0.2) is 64.3 Å². The highest BCUT2D eigenvalue weighted by Gasteiger charge is 2.21. The molecule has 162 valence electrons. The number of hydrogen-bond acceptors (Lipinski definition) is 4. The Morgan fingerprint density at radius 3 is 2.28 bits per heavy atom. The second-order valence-electron chi connectivity index (χ2n) is 8.02. The zero-order valence-corrected chi connectivity index (χ0v) is 18.1. The maximum atomic E-state index is 13.0. The highest BCUT2D eigenvalue weighted by atomic mass is 16.3. The molecule has 0 bridgehead atoms. The zero-order chi connectivity index (χ0) is 22.6. The topological polar surface area (TPSA) is 86.5 Å². The Balaban J connectivity index is 1.88. The number of hydrogen-bond donors (Lipinski definition) is 1. The summed E-state index contributed by atoms with van der Waals surface area (Å²) < 4.78 is 6.23. The molecule has 3 heterocycles. The lowest BCUT2D eigenvalue weighted by molar-refractivity contribution is 0.299. The zero-order valence-electron chi connectivity index (χ0n) is 18.1. The SMILES string of the molecule is Cc1ccc(-c2cn3c4c(=O)n(C)c(=O)n(C)c4nc3n2-c2ccc(CCO)cc2)cc1. The van der Waals surface area contributed by atoms with Crippen LogP contribution in [-0.4, -0.2) is 34.8 Å². The summed E-state index contributed by atoms with van der Waals surface area (Å²) in [4.78, 5) is 30.1. The molecule has 0 saturated heterocycles. The number of rotatable bonds is 4. The van der Waals surface area contributed by atoms with Gasteiger partial charge in [0.1, 0.15) is 0 Å². The molecule has 0 spiro atoms. The smallest absolute Gasteiger partial charge is 0.332 e. The molecule has 5 aromatic rings. The van der Waals surface area contributed by atoms with Crippen LogP contribution in [0.4, 0.5) is 0 Å². The Hall–Kier alpha value is -3.91. The number of nitrogens with zero attached hydrogens (tertiary/aromatic N) is 5. The molecule has 1 N–H and O–H groups in total. The quantitative estimate of drug-likeness (QED) is 0.475. The molecule has 0 fully saturated rings. The van der Waals surface area contributed by atoms with Crippen LogP contribution in [-0.2, 0) is 20.5 Å². The van der Waals surface area contributed by atoms with E-state index in [9.17, 15) is 14.7 Å². The number of benzene rings is 2. The van der Waals surface area contributed by atoms with Crippen molar-refractivity contribution in [3.05, 3.63) is 86.7 Å². The summed E-state index contributed by atoms with van der Waals surface area (Å²) in [5.41, 5.74) is 4.80. The predicted molar refractivity (Wildman–Crippen MR) is 123 cm³/mol. The lowest BCUT2D eigenvalue weighted by Crippen LogP contribution is -2.37. The van der Waals surface area contributed by atoms with Crippen molar-refractivity contribution in [2.75, 3.05) is 6.61 Å². The van der Waals surface area contributed by atoms with Gasteiger partial charge < -0.3 is 5.11 Å². The van der Waals surface area contributed by atoms with Gasteiger partial charge in [0.2, 0.25) is 5.78 Å². The summed E-state index contributed by atoms with van der Waals surface area (Å²) in [6.45, 7) is 2.12. The van der Waals surface area contributed by atoms with E-state index < -0.39 is 5.69 Å². The van der Waals surface area contributed by atoms with Gasteiger partial charge in [-0.3, -0.25) is 22.9 Å². The largest absolute Gasteiger partial charge is 0.396 e. The normalized spacial score (nSPS) is 11.6. The van der Waals surface area contributed by atoms with E-state index in [1.807, 2.05) is 66.2 Å². The molecule has 0 radical (unpaired) electrons. The van der Waals surface area contributed by atoms with Gasteiger partial charge in [-0.05, 0) is 31.0 Å². The van der Waals surface area contributed by atoms with Crippen LogP contribution in [0.2, 0.25) is 0 Å². The van der Waals surface area contributed by atoms with E-state index in [4.69, 9.17) is 4.98 Å². The second kappa shape index (κ2) is 7.35.